The summed E-state index contributed by atoms with van der Waals surface area (Å²) in [7, 11) is 2.07. The second kappa shape index (κ2) is 8.04. The van der Waals surface area contributed by atoms with E-state index < -0.39 is 0 Å². The van der Waals surface area contributed by atoms with Gasteiger partial charge in [0, 0.05) is 35.1 Å². The number of fused-ring (bicyclic) bond motifs is 2. The molecule has 9 heteroatoms. The molecule has 0 radical (unpaired) electrons. The molecule has 33 heavy (non-hydrogen) atoms. The molecule has 2 aliphatic rings. The van der Waals surface area contributed by atoms with Crippen LogP contribution in [0, 0.1) is 11.3 Å². The second-order valence-corrected chi connectivity index (χ2v) is 10.7. The largest absolute Gasteiger partial charge is 0.507 e. The van der Waals surface area contributed by atoms with Crippen molar-refractivity contribution < 1.29 is 5.11 Å². The summed E-state index contributed by atoms with van der Waals surface area (Å²) in [4.78, 5) is 10.9. The Hall–Kier alpha value is -3.09. The summed E-state index contributed by atoms with van der Waals surface area (Å²) >= 11 is 1.27. The zero-order valence-corrected chi connectivity index (χ0v) is 19.9. The zero-order valence-electron chi connectivity index (χ0n) is 19.0. The molecular weight excluding hydrogens is 434 g/mol. The normalized spacial score (nSPS) is 26.5. The molecule has 1 aromatic carbocycles. The number of phenols is 1. The van der Waals surface area contributed by atoms with E-state index in [2.05, 4.69) is 51.3 Å². The highest BCUT2D eigenvalue weighted by Crippen LogP contribution is 2.41. The third-order valence-corrected chi connectivity index (χ3v) is 7.77. The molecule has 0 saturated carbocycles. The van der Waals surface area contributed by atoms with Crippen molar-refractivity contribution in [2.45, 2.75) is 63.1 Å². The van der Waals surface area contributed by atoms with Crippen LogP contribution in [0.2, 0.25) is 0 Å². The lowest BCUT2D eigenvalue weighted by atomic mass is 9.69. The predicted molar refractivity (Wildman–Crippen MR) is 128 cm³/mol. The molecule has 170 valence electrons. The SMILES string of the molecule is CN(c1cnc(-c2ccc(-c3csc(C#N)n3)cc2O)nn1)C1C[C@]2(C)CCC[C@](C)(C1)N2. The van der Waals surface area contributed by atoms with E-state index in [0.29, 0.717) is 28.1 Å². The Morgan fingerprint density at radius 3 is 2.58 bits per heavy atom. The standard InChI is InChI=1S/C24H27N7OS/c1-23-7-4-8-24(2,30-23)11-16(10-23)31(3)20-13-26-22(29-28-20)17-6-5-15(9-19(17)32)18-14-33-21(12-25)27-18/h5-6,9,13-14,16,30,32H,4,7-8,10-11H2,1-3H3/t16?,23-,24+. The number of rotatable bonds is 4. The van der Waals surface area contributed by atoms with Crippen LogP contribution in [0.5, 0.6) is 5.75 Å². The first kappa shape index (κ1) is 21.7. The molecule has 5 rings (SSSR count). The number of nitriles is 1. The fourth-order valence-electron chi connectivity index (χ4n) is 5.49. The summed E-state index contributed by atoms with van der Waals surface area (Å²) in [6, 6.07) is 7.61. The first-order chi connectivity index (χ1) is 15.8. The third kappa shape index (κ3) is 4.16. The van der Waals surface area contributed by atoms with Crippen molar-refractivity contribution in [1.82, 2.24) is 25.5 Å². The number of hydrogen-bond donors (Lipinski definition) is 2. The summed E-state index contributed by atoms with van der Waals surface area (Å²) in [5.41, 5.74) is 2.21. The van der Waals surface area contributed by atoms with Crippen LogP contribution in [0.15, 0.2) is 29.8 Å². The van der Waals surface area contributed by atoms with Gasteiger partial charge in [0.15, 0.2) is 16.6 Å². The average Bonchev–Trinajstić information content (AvgIpc) is 3.27. The number of aromatic nitrogens is 4. The Bertz CT molecular complexity index is 1200. The fraction of sp³-hybridized carbons (Fsp3) is 0.458. The molecule has 2 aromatic heterocycles. The van der Waals surface area contributed by atoms with Gasteiger partial charge in [0.05, 0.1) is 17.5 Å². The molecule has 4 heterocycles. The Kier molecular flexibility index (Phi) is 5.30. The molecule has 1 unspecified atom stereocenters. The molecule has 2 N–H and O–H groups in total. The van der Waals surface area contributed by atoms with Crippen LogP contribution in [-0.4, -0.2) is 49.4 Å². The molecule has 0 amide bonds. The minimum absolute atomic E-state index is 0.0499. The maximum absolute atomic E-state index is 10.6. The molecule has 2 aliphatic heterocycles. The van der Waals surface area contributed by atoms with Crippen LogP contribution in [0.4, 0.5) is 5.82 Å². The molecule has 0 spiro atoms. The van der Waals surface area contributed by atoms with Crippen molar-refractivity contribution in [2.24, 2.45) is 0 Å². The van der Waals surface area contributed by atoms with Gasteiger partial charge in [-0.3, -0.25) is 0 Å². The Balaban J connectivity index is 1.35. The van der Waals surface area contributed by atoms with E-state index in [1.165, 1.54) is 30.6 Å². The van der Waals surface area contributed by atoms with Gasteiger partial charge in [-0.15, -0.1) is 21.5 Å². The van der Waals surface area contributed by atoms with Crippen molar-refractivity contribution in [3.63, 3.8) is 0 Å². The molecule has 3 atom stereocenters. The number of benzene rings is 1. The van der Waals surface area contributed by atoms with Crippen molar-refractivity contribution in [3.8, 4) is 34.5 Å². The summed E-state index contributed by atoms with van der Waals surface area (Å²) in [6.07, 6.45) is 7.53. The Morgan fingerprint density at radius 1 is 1.21 bits per heavy atom. The lowest BCUT2D eigenvalue weighted by molar-refractivity contribution is 0.0784. The minimum atomic E-state index is 0.0499. The van der Waals surface area contributed by atoms with E-state index in [4.69, 9.17) is 5.26 Å². The number of aromatic hydroxyl groups is 1. The molecular formula is C24H27N7OS. The second-order valence-electron chi connectivity index (χ2n) is 9.79. The third-order valence-electron chi connectivity index (χ3n) is 7.03. The average molecular weight is 462 g/mol. The maximum atomic E-state index is 10.6. The lowest BCUT2D eigenvalue weighted by Gasteiger charge is -2.55. The van der Waals surface area contributed by atoms with Crippen LogP contribution in [0.25, 0.3) is 22.6 Å². The zero-order chi connectivity index (χ0) is 23.2. The molecule has 0 aliphatic carbocycles. The topological polar surface area (TPSA) is 111 Å². The molecule has 2 fully saturated rings. The van der Waals surface area contributed by atoms with Crippen molar-refractivity contribution in [2.75, 3.05) is 11.9 Å². The highest BCUT2D eigenvalue weighted by Gasteiger charge is 2.46. The number of thiazole rings is 1. The predicted octanol–water partition coefficient (Wildman–Crippen LogP) is 4.13. The number of nitrogens with zero attached hydrogens (tertiary/aromatic N) is 6. The van der Waals surface area contributed by atoms with E-state index in [0.717, 1.165) is 24.2 Å². The lowest BCUT2D eigenvalue weighted by Crippen LogP contribution is -2.66. The first-order valence-corrected chi connectivity index (χ1v) is 12.1. The van der Waals surface area contributed by atoms with Gasteiger partial charge in [-0.05, 0) is 58.1 Å². The Labute approximate surface area is 197 Å². The molecule has 2 saturated heterocycles. The van der Waals surface area contributed by atoms with E-state index in [-0.39, 0.29) is 16.8 Å². The highest BCUT2D eigenvalue weighted by atomic mass is 32.1. The van der Waals surface area contributed by atoms with Crippen LogP contribution in [0.1, 0.15) is 51.0 Å². The van der Waals surface area contributed by atoms with E-state index in [9.17, 15) is 5.11 Å². The summed E-state index contributed by atoms with van der Waals surface area (Å²) in [5.74, 6) is 1.15. The molecule has 3 aromatic rings. The molecule has 2 bridgehead atoms. The monoisotopic (exact) mass is 461 g/mol. The van der Waals surface area contributed by atoms with Gasteiger partial charge in [-0.25, -0.2) is 9.97 Å². The van der Waals surface area contributed by atoms with E-state index in [1.807, 2.05) is 12.1 Å². The summed E-state index contributed by atoms with van der Waals surface area (Å²) < 4.78 is 0. The van der Waals surface area contributed by atoms with E-state index >= 15 is 0 Å². The van der Waals surface area contributed by atoms with E-state index in [1.54, 1.807) is 23.7 Å². The van der Waals surface area contributed by atoms with Crippen LogP contribution in [-0.2, 0) is 0 Å². The summed E-state index contributed by atoms with van der Waals surface area (Å²) in [6.45, 7) is 4.66. The summed E-state index contributed by atoms with van der Waals surface area (Å²) in [5, 5.41) is 34.4. The van der Waals surface area contributed by atoms with Gasteiger partial charge in [-0.1, -0.05) is 6.07 Å². The smallest absolute Gasteiger partial charge is 0.194 e. The fourth-order valence-corrected chi connectivity index (χ4v) is 6.11. The number of nitrogens with one attached hydrogen (secondary N) is 1. The molecule has 8 nitrogen and oxygen atoms in total. The van der Waals surface area contributed by atoms with Gasteiger partial charge in [-0.2, -0.15) is 5.26 Å². The highest BCUT2D eigenvalue weighted by molar-refractivity contribution is 7.10. The van der Waals surface area contributed by atoms with Gasteiger partial charge in [0.1, 0.15) is 11.8 Å². The maximum Gasteiger partial charge on any atom is 0.194 e. The number of phenolic OH excluding ortho intramolecular Hbond substituents is 1. The first-order valence-electron chi connectivity index (χ1n) is 11.2. The van der Waals surface area contributed by atoms with Crippen molar-refractivity contribution in [1.29, 1.82) is 5.26 Å². The quantitative estimate of drug-likeness (QED) is 0.597. The van der Waals surface area contributed by atoms with Gasteiger partial charge < -0.3 is 15.3 Å². The van der Waals surface area contributed by atoms with Gasteiger partial charge >= 0.3 is 0 Å². The number of piperidine rings is 2. The van der Waals surface area contributed by atoms with Crippen LogP contribution < -0.4 is 10.2 Å². The number of hydrogen-bond acceptors (Lipinski definition) is 9. The van der Waals surface area contributed by atoms with Gasteiger partial charge in [0.2, 0.25) is 0 Å². The minimum Gasteiger partial charge on any atom is -0.507 e. The van der Waals surface area contributed by atoms with Gasteiger partial charge in [0.25, 0.3) is 0 Å². The number of anilines is 1. The van der Waals surface area contributed by atoms with Crippen molar-refractivity contribution >= 4 is 17.2 Å². The Morgan fingerprint density at radius 2 is 1.97 bits per heavy atom. The van der Waals surface area contributed by atoms with Crippen LogP contribution in [0.3, 0.4) is 0 Å². The van der Waals surface area contributed by atoms with Crippen LogP contribution >= 0.6 is 11.3 Å². The van der Waals surface area contributed by atoms with Crippen molar-refractivity contribution in [3.05, 3.63) is 34.8 Å².